The molecule has 0 aliphatic heterocycles. The molecular formula is C61H38F2N2. The molecule has 0 saturated carbocycles. The van der Waals surface area contributed by atoms with Gasteiger partial charge in [0.25, 0.3) is 0 Å². The summed E-state index contributed by atoms with van der Waals surface area (Å²) in [6.45, 7) is 0. The average Bonchev–Trinajstić information content (AvgIpc) is 3.82. The summed E-state index contributed by atoms with van der Waals surface area (Å²) in [6.07, 6.45) is 0. The normalized spacial score (nSPS) is 12.9. The molecule has 0 atom stereocenters. The largest absolute Gasteiger partial charge is 0.310 e. The summed E-state index contributed by atoms with van der Waals surface area (Å²) in [5, 5.41) is 6.96. The fourth-order valence-electron chi connectivity index (χ4n) is 11.2. The minimum absolute atomic E-state index is 0.283. The Balaban J connectivity index is 1.10. The van der Waals surface area contributed by atoms with Gasteiger partial charge in [-0.2, -0.15) is 0 Å². The molecule has 4 heteroatoms. The van der Waals surface area contributed by atoms with Gasteiger partial charge in [-0.25, -0.2) is 8.78 Å². The maximum absolute atomic E-state index is 14.9. The third kappa shape index (κ3) is 5.50. The zero-order valence-corrected chi connectivity index (χ0v) is 35.1. The number of rotatable bonds is 6. The van der Waals surface area contributed by atoms with Crippen LogP contribution in [0.3, 0.4) is 0 Å². The van der Waals surface area contributed by atoms with Crippen LogP contribution in [0.4, 0.5) is 42.9 Å². The van der Waals surface area contributed by atoms with E-state index in [4.69, 9.17) is 0 Å². The van der Waals surface area contributed by atoms with Gasteiger partial charge in [-0.3, -0.25) is 0 Å². The Labute approximate surface area is 375 Å². The van der Waals surface area contributed by atoms with Crippen LogP contribution in [0.1, 0.15) is 22.3 Å². The third-order valence-corrected chi connectivity index (χ3v) is 13.7. The van der Waals surface area contributed by atoms with Crippen molar-refractivity contribution >= 4 is 66.4 Å². The molecular weight excluding hydrogens is 799 g/mol. The SMILES string of the molecule is Fc1cccc(N(c2ccccc2)c2ccc3c4c(ccc3c2)-c2ccc3cc(N(c5ccccc5)c5cccc(F)c5)ccc3c2C42c3ccccc3-c3c2ccc2ccccc32)c1. The summed E-state index contributed by atoms with van der Waals surface area (Å²) in [5.41, 5.74) is 14.6. The molecule has 11 aromatic rings. The van der Waals surface area contributed by atoms with Gasteiger partial charge in [0.15, 0.2) is 0 Å². The molecule has 0 aromatic heterocycles. The monoisotopic (exact) mass is 836 g/mol. The van der Waals surface area contributed by atoms with Gasteiger partial charge in [-0.1, -0.05) is 146 Å². The summed E-state index contributed by atoms with van der Waals surface area (Å²) in [4.78, 5) is 4.25. The second kappa shape index (κ2) is 14.3. The Morgan fingerprint density at radius 1 is 0.292 bits per heavy atom. The minimum Gasteiger partial charge on any atom is -0.310 e. The number of anilines is 6. The molecule has 13 rings (SSSR count). The van der Waals surface area contributed by atoms with Gasteiger partial charge in [0.05, 0.1) is 5.41 Å². The second-order valence-electron chi connectivity index (χ2n) is 17.1. The Kier molecular flexibility index (Phi) is 8.22. The zero-order chi connectivity index (χ0) is 43.2. The van der Waals surface area contributed by atoms with E-state index < -0.39 is 5.41 Å². The van der Waals surface area contributed by atoms with Gasteiger partial charge < -0.3 is 9.80 Å². The van der Waals surface area contributed by atoms with Crippen LogP contribution >= 0.6 is 0 Å². The van der Waals surface area contributed by atoms with E-state index in [1.54, 1.807) is 24.3 Å². The number of para-hydroxylation sites is 2. The van der Waals surface area contributed by atoms with E-state index >= 15 is 0 Å². The van der Waals surface area contributed by atoms with Crippen molar-refractivity contribution in [1.82, 2.24) is 0 Å². The number of halogens is 2. The molecule has 0 radical (unpaired) electrons. The van der Waals surface area contributed by atoms with E-state index in [1.807, 2.05) is 48.5 Å². The average molecular weight is 837 g/mol. The standard InChI is InChI=1S/C61H38F2N2/c62-42-14-11-20-46(37-42)64(44-16-3-1-4-17-44)48-28-32-51-40(35-48)25-30-53-54-31-26-41-36-49(65(45-18-5-2-6-19-45)47-21-12-15-43(63)38-47)29-33-52(41)60(54)61(59(51)53)56-24-10-9-23-55(56)58-50-22-8-7-13-39(50)27-34-57(58)61/h1-38H. The van der Waals surface area contributed by atoms with Gasteiger partial charge >= 0.3 is 0 Å². The molecule has 65 heavy (non-hydrogen) atoms. The first-order valence-electron chi connectivity index (χ1n) is 22.0. The van der Waals surface area contributed by atoms with Crippen molar-refractivity contribution in [2.45, 2.75) is 5.41 Å². The van der Waals surface area contributed by atoms with Crippen molar-refractivity contribution in [1.29, 1.82) is 0 Å². The molecule has 306 valence electrons. The maximum Gasteiger partial charge on any atom is 0.125 e. The smallest absolute Gasteiger partial charge is 0.125 e. The number of fused-ring (bicyclic) bond motifs is 16. The molecule has 0 N–H and O–H groups in total. The van der Waals surface area contributed by atoms with Crippen molar-refractivity contribution < 1.29 is 8.78 Å². The highest BCUT2D eigenvalue weighted by Gasteiger charge is 2.53. The highest BCUT2D eigenvalue weighted by atomic mass is 19.1. The van der Waals surface area contributed by atoms with Crippen LogP contribution in [0.25, 0.3) is 54.6 Å². The van der Waals surface area contributed by atoms with Gasteiger partial charge in [0.1, 0.15) is 11.6 Å². The van der Waals surface area contributed by atoms with Crippen LogP contribution in [0.15, 0.2) is 231 Å². The van der Waals surface area contributed by atoms with E-state index in [0.717, 1.165) is 55.7 Å². The van der Waals surface area contributed by atoms with Crippen molar-refractivity contribution in [3.05, 3.63) is 264 Å². The molecule has 11 aromatic carbocycles. The summed E-state index contributed by atoms with van der Waals surface area (Å²) in [6, 6.07) is 78.9. The van der Waals surface area contributed by atoms with Crippen LogP contribution in [0.2, 0.25) is 0 Å². The Bertz CT molecular complexity index is 3530. The van der Waals surface area contributed by atoms with Gasteiger partial charge in [-0.15, -0.1) is 0 Å². The van der Waals surface area contributed by atoms with Crippen LogP contribution in [0, 0.1) is 11.6 Å². The molecule has 2 aliphatic carbocycles. The number of hydrogen-bond donors (Lipinski definition) is 0. The van der Waals surface area contributed by atoms with Crippen LogP contribution in [0.5, 0.6) is 0 Å². The van der Waals surface area contributed by atoms with Gasteiger partial charge in [0, 0.05) is 34.1 Å². The zero-order valence-electron chi connectivity index (χ0n) is 35.1. The maximum atomic E-state index is 14.9. The first-order chi connectivity index (χ1) is 32.1. The van der Waals surface area contributed by atoms with E-state index in [9.17, 15) is 8.78 Å². The lowest BCUT2D eigenvalue weighted by molar-refractivity contribution is 0.627. The lowest BCUT2D eigenvalue weighted by Crippen LogP contribution is -2.26. The summed E-state index contributed by atoms with van der Waals surface area (Å²) < 4.78 is 29.8. The Morgan fingerprint density at radius 3 is 1.34 bits per heavy atom. The van der Waals surface area contributed by atoms with E-state index in [-0.39, 0.29) is 11.6 Å². The fraction of sp³-hybridized carbons (Fsp3) is 0.0164. The highest BCUT2D eigenvalue weighted by molar-refractivity contribution is 6.13. The fourth-order valence-corrected chi connectivity index (χ4v) is 11.2. The summed E-state index contributed by atoms with van der Waals surface area (Å²) >= 11 is 0. The first kappa shape index (κ1) is 37.2. The molecule has 0 unspecified atom stereocenters. The third-order valence-electron chi connectivity index (χ3n) is 13.7. The van der Waals surface area contributed by atoms with Crippen molar-refractivity contribution in [2.24, 2.45) is 0 Å². The number of nitrogens with zero attached hydrogens (tertiary/aromatic N) is 2. The lowest BCUT2D eigenvalue weighted by Gasteiger charge is -2.33. The second-order valence-corrected chi connectivity index (χ2v) is 17.1. The molecule has 0 amide bonds. The minimum atomic E-state index is -0.675. The number of benzene rings is 11. The molecule has 0 saturated heterocycles. The topological polar surface area (TPSA) is 6.48 Å². The Hall–Kier alpha value is -8.34. The summed E-state index contributed by atoms with van der Waals surface area (Å²) in [5.74, 6) is -0.567. The summed E-state index contributed by atoms with van der Waals surface area (Å²) in [7, 11) is 0. The van der Waals surface area contributed by atoms with Crippen molar-refractivity contribution in [3.63, 3.8) is 0 Å². The quantitative estimate of drug-likeness (QED) is 0.165. The first-order valence-corrected chi connectivity index (χ1v) is 22.0. The predicted octanol–water partition coefficient (Wildman–Crippen LogP) is 16.7. The molecule has 0 heterocycles. The van der Waals surface area contributed by atoms with E-state index in [1.165, 1.54) is 67.4 Å². The molecule has 0 fully saturated rings. The highest BCUT2D eigenvalue weighted by Crippen LogP contribution is 2.66. The van der Waals surface area contributed by atoms with Crippen LogP contribution in [-0.4, -0.2) is 0 Å². The van der Waals surface area contributed by atoms with Gasteiger partial charge in [-0.05, 0) is 162 Å². The van der Waals surface area contributed by atoms with Gasteiger partial charge in [0.2, 0.25) is 0 Å². The van der Waals surface area contributed by atoms with Crippen LogP contribution < -0.4 is 9.80 Å². The van der Waals surface area contributed by atoms with E-state index in [2.05, 4.69) is 155 Å². The molecule has 2 aliphatic rings. The van der Waals surface area contributed by atoms with E-state index in [0.29, 0.717) is 0 Å². The predicted molar refractivity (Wildman–Crippen MR) is 265 cm³/mol. The number of hydrogen-bond acceptors (Lipinski definition) is 2. The molecule has 0 bridgehead atoms. The van der Waals surface area contributed by atoms with Crippen molar-refractivity contribution in [2.75, 3.05) is 9.80 Å². The molecule has 2 nitrogen and oxygen atoms in total. The van der Waals surface area contributed by atoms with Crippen molar-refractivity contribution in [3.8, 4) is 22.3 Å². The molecule has 1 spiro atoms. The van der Waals surface area contributed by atoms with Crippen LogP contribution in [-0.2, 0) is 5.41 Å². The lowest BCUT2D eigenvalue weighted by atomic mass is 9.68. The Morgan fingerprint density at radius 2 is 0.769 bits per heavy atom.